The summed E-state index contributed by atoms with van der Waals surface area (Å²) in [5, 5.41) is 3.18. The Morgan fingerprint density at radius 2 is 2.06 bits per heavy atom. The lowest BCUT2D eigenvalue weighted by Gasteiger charge is -2.20. The van der Waals surface area contributed by atoms with E-state index in [0.717, 1.165) is 24.7 Å². The maximum atomic E-state index is 5.67. The van der Waals surface area contributed by atoms with Crippen molar-refractivity contribution in [2.24, 2.45) is 5.73 Å². The van der Waals surface area contributed by atoms with Gasteiger partial charge in [0.2, 0.25) is 0 Å². The minimum Gasteiger partial charge on any atom is -0.368 e. The monoisotopic (exact) mass is 223 g/mol. The first-order chi connectivity index (χ1) is 7.67. The molecule has 0 spiro atoms. The fraction of sp³-hybridized carbons (Fsp3) is 0.636. The van der Waals surface area contributed by atoms with Gasteiger partial charge in [0.25, 0.3) is 0 Å². The normalized spacial score (nSPS) is 12.2. The van der Waals surface area contributed by atoms with Gasteiger partial charge < -0.3 is 16.0 Å². The molecule has 16 heavy (non-hydrogen) atoms. The van der Waals surface area contributed by atoms with Crippen molar-refractivity contribution in [2.75, 3.05) is 29.9 Å². The number of nitrogens with two attached hydrogens (primary N) is 1. The first-order valence-electron chi connectivity index (χ1n) is 5.73. The highest BCUT2D eigenvalue weighted by molar-refractivity contribution is 5.48. The summed E-state index contributed by atoms with van der Waals surface area (Å²) in [7, 11) is 0. The molecule has 5 nitrogen and oxygen atoms in total. The summed E-state index contributed by atoms with van der Waals surface area (Å²) >= 11 is 0. The molecule has 0 aliphatic rings. The highest BCUT2D eigenvalue weighted by Crippen LogP contribution is 2.13. The second kappa shape index (κ2) is 6.27. The zero-order chi connectivity index (χ0) is 12.0. The number of hydrogen-bond acceptors (Lipinski definition) is 5. The molecule has 0 saturated carbocycles. The highest BCUT2D eigenvalue weighted by Gasteiger charge is 2.04. The molecule has 0 bridgehead atoms. The molecular weight excluding hydrogens is 202 g/mol. The number of hydrogen-bond donors (Lipinski definition) is 2. The van der Waals surface area contributed by atoms with Gasteiger partial charge in [-0.15, -0.1) is 0 Å². The third-order valence-electron chi connectivity index (χ3n) is 2.35. The number of nitrogens with zero attached hydrogens (tertiary/aromatic N) is 3. The summed E-state index contributed by atoms with van der Waals surface area (Å²) in [5.74, 6) is 1.78. The van der Waals surface area contributed by atoms with Crippen molar-refractivity contribution >= 4 is 11.6 Å². The average molecular weight is 223 g/mol. The number of anilines is 2. The van der Waals surface area contributed by atoms with Crippen LogP contribution in [0.25, 0.3) is 0 Å². The van der Waals surface area contributed by atoms with Crippen LogP contribution in [0.5, 0.6) is 0 Å². The second-order valence-corrected chi connectivity index (χ2v) is 3.79. The van der Waals surface area contributed by atoms with Gasteiger partial charge in [-0.2, -0.15) is 0 Å². The minimum atomic E-state index is 0.117. The van der Waals surface area contributed by atoms with Crippen LogP contribution in [-0.4, -0.2) is 35.6 Å². The third kappa shape index (κ3) is 3.66. The Hall–Kier alpha value is -1.36. The van der Waals surface area contributed by atoms with Gasteiger partial charge in [0.05, 0.1) is 0 Å². The van der Waals surface area contributed by atoms with Gasteiger partial charge in [-0.05, 0) is 20.8 Å². The van der Waals surface area contributed by atoms with Crippen LogP contribution in [0.2, 0.25) is 0 Å². The molecule has 1 atom stereocenters. The van der Waals surface area contributed by atoms with Crippen molar-refractivity contribution in [2.45, 2.75) is 26.8 Å². The van der Waals surface area contributed by atoms with Crippen LogP contribution in [-0.2, 0) is 0 Å². The highest BCUT2D eigenvalue weighted by atomic mass is 15.2. The fourth-order valence-corrected chi connectivity index (χ4v) is 1.43. The summed E-state index contributed by atoms with van der Waals surface area (Å²) in [6.07, 6.45) is 1.58. The Morgan fingerprint density at radius 3 is 2.62 bits per heavy atom. The van der Waals surface area contributed by atoms with E-state index in [9.17, 15) is 0 Å². The maximum absolute atomic E-state index is 5.67. The van der Waals surface area contributed by atoms with Gasteiger partial charge in [-0.1, -0.05) is 0 Å². The van der Waals surface area contributed by atoms with Crippen LogP contribution in [0.15, 0.2) is 12.4 Å². The Bertz CT molecular complexity index is 309. The fourth-order valence-electron chi connectivity index (χ4n) is 1.43. The molecule has 1 unspecified atom stereocenters. The van der Waals surface area contributed by atoms with Gasteiger partial charge >= 0.3 is 0 Å². The van der Waals surface area contributed by atoms with E-state index in [1.54, 1.807) is 6.33 Å². The molecule has 1 heterocycles. The Labute approximate surface area is 97.1 Å². The molecule has 0 aromatic carbocycles. The van der Waals surface area contributed by atoms with Gasteiger partial charge in [0, 0.05) is 31.7 Å². The van der Waals surface area contributed by atoms with Gasteiger partial charge in [0.15, 0.2) is 0 Å². The Morgan fingerprint density at radius 1 is 1.38 bits per heavy atom. The van der Waals surface area contributed by atoms with E-state index < -0.39 is 0 Å². The topological polar surface area (TPSA) is 67.1 Å². The van der Waals surface area contributed by atoms with Crippen LogP contribution in [0.1, 0.15) is 20.8 Å². The van der Waals surface area contributed by atoms with Crippen LogP contribution in [0.3, 0.4) is 0 Å². The molecule has 0 aliphatic heterocycles. The zero-order valence-corrected chi connectivity index (χ0v) is 10.3. The Balaban J connectivity index is 2.70. The maximum Gasteiger partial charge on any atom is 0.134 e. The number of aromatic nitrogens is 2. The van der Waals surface area contributed by atoms with E-state index in [1.807, 2.05) is 13.0 Å². The predicted octanol–water partition coefficient (Wildman–Crippen LogP) is 1.08. The van der Waals surface area contributed by atoms with Crippen LogP contribution in [0.4, 0.5) is 11.6 Å². The molecular formula is C11H21N5. The van der Waals surface area contributed by atoms with Crippen molar-refractivity contribution in [3.8, 4) is 0 Å². The quantitative estimate of drug-likeness (QED) is 0.755. The van der Waals surface area contributed by atoms with Crippen molar-refractivity contribution in [3.63, 3.8) is 0 Å². The lowest BCUT2D eigenvalue weighted by atomic mass is 10.3. The largest absolute Gasteiger partial charge is 0.368 e. The molecule has 90 valence electrons. The van der Waals surface area contributed by atoms with E-state index in [1.165, 1.54) is 0 Å². The summed E-state index contributed by atoms with van der Waals surface area (Å²) in [6, 6.07) is 2.07. The first kappa shape index (κ1) is 12.7. The molecule has 0 saturated heterocycles. The molecule has 0 amide bonds. The van der Waals surface area contributed by atoms with Crippen molar-refractivity contribution in [1.29, 1.82) is 0 Å². The predicted molar refractivity (Wildman–Crippen MR) is 67.7 cm³/mol. The van der Waals surface area contributed by atoms with E-state index in [-0.39, 0.29) is 6.04 Å². The van der Waals surface area contributed by atoms with Gasteiger partial charge in [-0.25, -0.2) is 9.97 Å². The van der Waals surface area contributed by atoms with Crippen molar-refractivity contribution in [3.05, 3.63) is 12.4 Å². The van der Waals surface area contributed by atoms with E-state index >= 15 is 0 Å². The first-order valence-corrected chi connectivity index (χ1v) is 5.73. The summed E-state index contributed by atoms with van der Waals surface area (Å²) in [5.41, 5.74) is 5.67. The molecule has 0 fully saturated rings. The van der Waals surface area contributed by atoms with E-state index in [2.05, 4.69) is 34.0 Å². The number of nitrogens with one attached hydrogen (secondary N) is 1. The van der Waals surface area contributed by atoms with Gasteiger partial charge in [0.1, 0.15) is 18.0 Å². The average Bonchev–Trinajstić information content (AvgIpc) is 2.29. The van der Waals surface area contributed by atoms with Crippen LogP contribution < -0.4 is 16.0 Å². The van der Waals surface area contributed by atoms with Gasteiger partial charge in [-0.3, -0.25) is 0 Å². The zero-order valence-electron chi connectivity index (χ0n) is 10.3. The van der Waals surface area contributed by atoms with Crippen molar-refractivity contribution in [1.82, 2.24) is 9.97 Å². The number of rotatable bonds is 6. The molecule has 1 aromatic heterocycles. The third-order valence-corrected chi connectivity index (χ3v) is 2.35. The van der Waals surface area contributed by atoms with Crippen LogP contribution >= 0.6 is 0 Å². The molecule has 5 heteroatoms. The molecule has 0 aliphatic carbocycles. The lowest BCUT2D eigenvalue weighted by molar-refractivity contribution is 0.775. The molecule has 1 rings (SSSR count). The SMILES string of the molecule is CCN(CC)c1cc(NCC(C)N)ncn1. The lowest BCUT2D eigenvalue weighted by Crippen LogP contribution is -2.26. The second-order valence-electron chi connectivity index (χ2n) is 3.79. The summed E-state index contributed by atoms with van der Waals surface area (Å²) in [4.78, 5) is 10.6. The molecule has 0 radical (unpaired) electrons. The van der Waals surface area contributed by atoms with E-state index in [4.69, 9.17) is 5.73 Å². The summed E-state index contributed by atoms with van der Waals surface area (Å²) < 4.78 is 0. The molecule has 1 aromatic rings. The molecule has 3 N–H and O–H groups in total. The van der Waals surface area contributed by atoms with Crippen molar-refractivity contribution < 1.29 is 0 Å². The van der Waals surface area contributed by atoms with Crippen LogP contribution in [0, 0.1) is 0 Å². The Kier molecular flexibility index (Phi) is 4.98. The smallest absolute Gasteiger partial charge is 0.134 e. The standard InChI is InChI=1S/C11H21N5/c1-4-16(5-2)11-6-10(14-8-15-11)13-7-9(3)12/h6,8-9H,4-5,7,12H2,1-3H3,(H,13,14,15). The minimum absolute atomic E-state index is 0.117. The summed E-state index contributed by atoms with van der Waals surface area (Å²) in [6.45, 7) is 8.79. The van der Waals surface area contributed by atoms with E-state index in [0.29, 0.717) is 6.54 Å².